The molecule has 1 saturated heterocycles. The Kier molecular flexibility index (Phi) is 6.50. The van der Waals surface area contributed by atoms with Gasteiger partial charge in [0.05, 0.1) is 24.9 Å². The van der Waals surface area contributed by atoms with Crippen molar-refractivity contribution in [3.63, 3.8) is 0 Å². The molecular formula is C17H24ClN3O4. The molecule has 0 bridgehead atoms. The standard InChI is InChI=1S/C17H24ClN3O4/c1-12(22)21(11-17(23)20-7-5-19(2)6-8-20)14-10-15(24-3)13(18)9-16(14)25-4/h9-10H,5-8,11H2,1-4H3. The number of hydrogen-bond donors (Lipinski definition) is 0. The van der Waals surface area contributed by atoms with Crippen LogP contribution in [0.5, 0.6) is 11.5 Å². The van der Waals surface area contributed by atoms with Crippen LogP contribution >= 0.6 is 11.6 Å². The molecule has 1 heterocycles. The minimum Gasteiger partial charge on any atom is -0.495 e. The average Bonchev–Trinajstić information content (AvgIpc) is 2.59. The fourth-order valence-corrected chi connectivity index (χ4v) is 2.94. The van der Waals surface area contributed by atoms with Gasteiger partial charge in [0, 0.05) is 45.2 Å². The highest BCUT2D eigenvalue weighted by atomic mass is 35.5. The van der Waals surface area contributed by atoms with E-state index < -0.39 is 0 Å². The molecular weight excluding hydrogens is 346 g/mol. The summed E-state index contributed by atoms with van der Waals surface area (Å²) < 4.78 is 10.6. The van der Waals surface area contributed by atoms with Gasteiger partial charge in [-0.2, -0.15) is 0 Å². The van der Waals surface area contributed by atoms with Gasteiger partial charge in [-0.25, -0.2) is 0 Å². The zero-order chi connectivity index (χ0) is 18.6. The van der Waals surface area contributed by atoms with Gasteiger partial charge in [-0.15, -0.1) is 0 Å². The third-order valence-corrected chi connectivity index (χ3v) is 4.57. The molecule has 1 aromatic carbocycles. The van der Waals surface area contributed by atoms with Crippen LogP contribution in [0.2, 0.25) is 5.02 Å². The van der Waals surface area contributed by atoms with E-state index >= 15 is 0 Å². The minimum atomic E-state index is -0.259. The Morgan fingerprint density at radius 2 is 1.72 bits per heavy atom. The lowest BCUT2D eigenvalue weighted by atomic mass is 10.2. The minimum absolute atomic E-state index is 0.0554. The molecule has 0 spiro atoms. The molecule has 138 valence electrons. The highest BCUT2D eigenvalue weighted by Gasteiger charge is 2.25. The van der Waals surface area contributed by atoms with Gasteiger partial charge in [0.1, 0.15) is 18.0 Å². The Balaban J connectivity index is 2.26. The molecule has 0 aliphatic carbocycles. The van der Waals surface area contributed by atoms with Crippen LogP contribution in [0, 0.1) is 0 Å². The van der Waals surface area contributed by atoms with Crippen LogP contribution in [0.1, 0.15) is 6.92 Å². The number of nitrogens with zero attached hydrogens (tertiary/aromatic N) is 3. The maximum absolute atomic E-state index is 12.6. The molecule has 0 radical (unpaired) electrons. The second-order valence-corrected chi connectivity index (χ2v) is 6.36. The summed E-state index contributed by atoms with van der Waals surface area (Å²) in [5.74, 6) is 0.465. The zero-order valence-electron chi connectivity index (χ0n) is 15.0. The number of likely N-dealkylation sites (N-methyl/N-ethyl adjacent to an activating group) is 1. The third kappa shape index (κ3) is 4.55. The normalized spacial score (nSPS) is 15.0. The Morgan fingerprint density at radius 1 is 1.12 bits per heavy atom. The topological polar surface area (TPSA) is 62.3 Å². The van der Waals surface area contributed by atoms with Crippen LogP contribution < -0.4 is 14.4 Å². The molecule has 1 aliphatic rings. The van der Waals surface area contributed by atoms with Crippen LogP contribution in [0.3, 0.4) is 0 Å². The molecule has 1 aliphatic heterocycles. The molecule has 8 heteroatoms. The summed E-state index contributed by atoms with van der Waals surface area (Å²) in [6.07, 6.45) is 0. The quantitative estimate of drug-likeness (QED) is 0.786. The SMILES string of the molecule is COc1cc(N(CC(=O)N2CCN(C)CC2)C(C)=O)c(OC)cc1Cl. The Bertz CT molecular complexity index is 645. The lowest BCUT2D eigenvalue weighted by Gasteiger charge is -2.34. The van der Waals surface area contributed by atoms with Crippen molar-refractivity contribution in [2.45, 2.75) is 6.92 Å². The van der Waals surface area contributed by atoms with E-state index in [1.807, 2.05) is 7.05 Å². The first-order valence-electron chi connectivity index (χ1n) is 8.03. The van der Waals surface area contributed by atoms with Crippen molar-refractivity contribution in [2.24, 2.45) is 0 Å². The maximum Gasteiger partial charge on any atom is 0.242 e. The lowest BCUT2D eigenvalue weighted by Crippen LogP contribution is -2.50. The Hall–Kier alpha value is -1.99. The lowest BCUT2D eigenvalue weighted by molar-refractivity contribution is -0.132. The van der Waals surface area contributed by atoms with Crippen molar-refractivity contribution in [2.75, 3.05) is 58.9 Å². The molecule has 2 amide bonds. The molecule has 0 atom stereocenters. The van der Waals surface area contributed by atoms with Crippen LogP contribution in [0.15, 0.2) is 12.1 Å². The van der Waals surface area contributed by atoms with Gasteiger partial charge >= 0.3 is 0 Å². The van der Waals surface area contributed by atoms with E-state index in [1.54, 1.807) is 17.0 Å². The van der Waals surface area contributed by atoms with Gasteiger partial charge in [0.15, 0.2) is 0 Å². The molecule has 1 aromatic rings. The van der Waals surface area contributed by atoms with E-state index in [0.717, 1.165) is 13.1 Å². The van der Waals surface area contributed by atoms with E-state index in [1.165, 1.54) is 26.0 Å². The number of carbonyl (C=O) groups excluding carboxylic acids is 2. The first kappa shape index (κ1) is 19.3. The van der Waals surface area contributed by atoms with Crippen molar-refractivity contribution in [3.8, 4) is 11.5 Å². The Morgan fingerprint density at radius 3 is 2.24 bits per heavy atom. The largest absolute Gasteiger partial charge is 0.495 e. The van der Waals surface area contributed by atoms with Crippen molar-refractivity contribution < 1.29 is 19.1 Å². The summed E-state index contributed by atoms with van der Waals surface area (Å²) >= 11 is 6.12. The number of halogens is 1. The number of rotatable bonds is 5. The molecule has 2 rings (SSSR count). The van der Waals surface area contributed by atoms with Crippen LogP contribution in [0.4, 0.5) is 5.69 Å². The Labute approximate surface area is 153 Å². The summed E-state index contributed by atoms with van der Waals surface area (Å²) in [5, 5.41) is 0.372. The second kappa shape index (κ2) is 8.40. The summed E-state index contributed by atoms with van der Waals surface area (Å²) in [6.45, 7) is 4.32. The molecule has 0 N–H and O–H groups in total. The number of hydrogen-bond acceptors (Lipinski definition) is 5. The molecule has 7 nitrogen and oxygen atoms in total. The summed E-state index contributed by atoms with van der Waals surface area (Å²) in [4.78, 5) is 30.1. The number of anilines is 1. The van der Waals surface area contributed by atoms with Crippen molar-refractivity contribution in [3.05, 3.63) is 17.2 Å². The molecule has 25 heavy (non-hydrogen) atoms. The van der Waals surface area contributed by atoms with Crippen molar-refractivity contribution in [1.82, 2.24) is 9.80 Å². The number of carbonyl (C=O) groups is 2. The first-order chi connectivity index (χ1) is 11.9. The third-order valence-electron chi connectivity index (χ3n) is 4.27. The van der Waals surface area contributed by atoms with Gasteiger partial charge in [0.2, 0.25) is 11.8 Å². The number of piperazine rings is 1. The van der Waals surface area contributed by atoms with E-state index in [9.17, 15) is 9.59 Å². The molecule has 0 aromatic heterocycles. The number of ether oxygens (including phenoxy) is 2. The predicted molar refractivity (Wildman–Crippen MR) is 96.7 cm³/mol. The number of amides is 2. The first-order valence-corrected chi connectivity index (χ1v) is 8.41. The average molecular weight is 370 g/mol. The van der Waals surface area contributed by atoms with Gasteiger partial charge in [0.25, 0.3) is 0 Å². The summed E-state index contributed by atoms with van der Waals surface area (Å²) in [6, 6.07) is 3.19. The van der Waals surface area contributed by atoms with Crippen LogP contribution in [-0.2, 0) is 9.59 Å². The number of methoxy groups -OCH3 is 2. The number of benzene rings is 1. The van der Waals surface area contributed by atoms with Gasteiger partial charge in [-0.3, -0.25) is 14.5 Å². The van der Waals surface area contributed by atoms with Crippen LogP contribution in [-0.4, -0.2) is 75.6 Å². The zero-order valence-corrected chi connectivity index (χ0v) is 15.8. The summed E-state index contributed by atoms with van der Waals surface area (Å²) in [5.41, 5.74) is 0.457. The van der Waals surface area contributed by atoms with E-state index in [0.29, 0.717) is 35.3 Å². The van der Waals surface area contributed by atoms with Crippen molar-refractivity contribution in [1.29, 1.82) is 0 Å². The second-order valence-electron chi connectivity index (χ2n) is 5.95. The van der Waals surface area contributed by atoms with Gasteiger partial charge < -0.3 is 19.3 Å². The molecule has 1 fully saturated rings. The summed E-state index contributed by atoms with van der Waals surface area (Å²) in [7, 11) is 5.00. The predicted octanol–water partition coefficient (Wildman–Crippen LogP) is 1.48. The van der Waals surface area contributed by atoms with E-state index in [4.69, 9.17) is 21.1 Å². The highest BCUT2D eigenvalue weighted by molar-refractivity contribution is 6.32. The maximum atomic E-state index is 12.6. The molecule has 0 unspecified atom stereocenters. The highest BCUT2D eigenvalue weighted by Crippen LogP contribution is 2.38. The van der Waals surface area contributed by atoms with Gasteiger partial charge in [-0.1, -0.05) is 11.6 Å². The van der Waals surface area contributed by atoms with E-state index in [2.05, 4.69) is 4.90 Å². The van der Waals surface area contributed by atoms with Crippen molar-refractivity contribution >= 4 is 29.1 Å². The fourth-order valence-electron chi connectivity index (χ4n) is 2.71. The molecule has 0 saturated carbocycles. The van der Waals surface area contributed by atoms with Gasteiger partial charge in [-0.05, 0) is 7.05 Å². The monoisotopic (exact) mass is 369 g/mol. The smallest absolute Gasteiger partial charge is 0.242 e. The van der Waals surface area contributed by atoms with E-state index in [-0.39, 0.29) is 18.4 Å². The van der Waals surface area contributed by atoms with Crippen LogP contribution in [0.25, 0.3) is 0 Å². The fraction of sp³-hybridized carbons (Fsp3) is 0.529.